The molecule has 0 bridgehead atoms. The topological polar surface area (TPSA) is 93.1 Å². The highest BCUT2D eigenvalue weighted by atomic mass is 16.7. The zero-order valence-electron chi connectivity index (χ0n) is 11.2. The largest absolute Gasteiger partial charge is 0.509 e. The minimum absolute atomic E-state index is 0.404. The predicted octanol–water partition coefficient (Wildman–Crippen LogP) is 3.62. The summed E-state index contributed by atoms with van der Waals surface area (Å²) in [6, 6.07) is 0. The van der Waals surface area contributed by atoms with Crippen LogP contribution < -0.4 is 0 Å². The highest BCUT2D eigenvalue weighted by Crippen LogP contribution is 2.07. The predicted molar refractivity (Wildman–Crippen MR) is 75.8 cm³/mol. The fraction of sp³-hybridized carbons (Fsp3) is 0.286. The van der Waals surface area contributed by atoms with Crippen molar-refractivity contribution >= 4 is 12.3 Å². The van der Waals surface area contributed by atoms with Gasteiger partial charge in [-0.3, -0.25) is 0 Å². The number of carbonyl (C=O) groups is 2. The van der Waals surface area contributed by atoms with E-state index in [-0.39, 0.29) is 0 Å². The fourth-order valence-electron chi connectivity index (χ4n) is 0.988. The summed E-state index contributed by atoms with van der Waals surface area (Å²) in [6.07, 6.45) is 4.00. The van der Waals surface area contributed by atoms with E-state index in [1.807, 2.05) is 0 Å². The Labute approximate surface area is 118 Å². The van der Waals surface area contributed by atoms with Crippen molar-refractivity contribution < 1.29 is 29.3 Å². The second-order valence-electron chi connectivity index (χ2n) is 3.37. The lowest BCUT2D eigenvalue weighted by molar-refractivity contribution is 0.0229. The molecule has 20 heavy (non-hydrogen) atoms. The van der Waals surface area contributed by atoms with E-state index in [9.17, 15) is 4.79 Å². The Balaban J connectivity index is 0. The third-order valence-electron chi connectivity index (χ3n) is 1.82. The van der Waals surface area contributed by atoms with Crippen LogP contribution in [0.4, 0.5) is 9.59 Å². The van der Waals surface area contributed by atoms with Gasteiger partial charge in [0.25, 0.3) is 0 Å². The van der Waals surface area contributed by atoms with Gasteiger partial charge in [0.2, 0.25) is 0 Å². The molecule has 6 heteroatoms. The van der Waals surface area contributed by atoms with Crippen LogP contribution in [-0.4, -0.2) is 34.7 Å². The standard InChI is InChI=1S/C13H18O3.CH2O3/c1-5-9-11(7-3)15-13(14)16-12(8-4)10-6-2;2-1(3)4/h5-8,11-12H,1-4,9-10H2;(H2,2,3,4). The van der Waals surface area contributed by atoms with Crippen molar-refractivity contribution in [3.63, 3.8) is 0 Å². The highest BCUT2D eigenvalue weighted by Gasteiger charge is 2.14. The maximum atomic E-state index is 11.3. The average molecular weight is 284 g/mol. The summed E-state index contributed by atoms with van der Waals surface area (Å²) in [7, 11) is 0. The van der Waals surface area contributed by atoms with E-state index in [1.54, 1.807) is 12.2 Å². The second-order valence-corrected chi connectivity index (χ2v) is 3.37. The van der Waals surface area contributed by atoms with E-state index in [0.29, 0.717) is 12.8 Å². The van der Waals surface area contributed by atoms with Crippen LogP contribution in [-0.2, 0) is 9.47 Å². The molecule has 0 saturated heterocycles. The number of rotatable bonds is 8. The molecule has 0 fully saturated rings. The van der Waals surface area contributed by atoms with Crippen LogP contribution in [0.3, 0.4) is 0 Å². The SMILES string of the molecule is C=CCC(C=C)OC(=O)OC(C=C)CC=C.O=C(O)O. The van der Waals surface area contributed by atoms with Crippen LogP contribution in [0, 0.1) is 0 Å². The van der Waals surface area contributed by atoms with Crippen molar-refractivity contribution in [1.82, 2.24) is 0 Å². The maximum Gasteiger partial charge on any atom is 0.509 e. The molecule has 2 unspecified atom stereocenters. The van der Waals surface area contributed by atoms with Gasteiger partial charge in [-0.1, -0.05) is 37.5 Å². The van der Waals surface area contributed by atoms with E-state index in [2.05, 4.69) is 26.3 Å². The van der Waals surface area contributed by atoms with Crippen LogP contribution in [0.25, 0.3) is 0 Å². The first-order valence-corrected chi connectivity index (χ1v) is 5.67. The first-order chi connectivity index (χ1) is 9.40. The zero-order chi connectivity index (χ0) is 16.0. The van der Waals surface area contributed by atoms with Gasteiger partial charge in [0.15, 0.2) is 0 Å². The van der Waals surface area contributed by atoms with E-state index in [0.717, 1.165) is 0 Å². The summed E-state index contributed by atoms with van der Waals surface area (Å²) >= 11 is 0. The number of carbonyl (C=O) groups excluding carboxylic acids is 1. The Morgan fingerprint density at radius 2 is 1.20 bits per heavy atom. The van der Waals surface area contributed by atoms with Gasteiger partial charge < -0.3 is 19.7 Å². The Morgan fingerprint density at radius 3 is 1.40 bits per heavy atom. The molecule has 0 aliphatic carbocycles. The molecule has 6 nitrogen and oxygen atoms in total. The molecule has 0 aromatic heterocycles. The number of ether oxygens (including phenoxy) is 2. The minimum Gasteiger partial charge on any atom is -0.450 e. The van der Waals surface area contributed by atoms with Crippen LogP contribution in [0.1, 0.15) is 12.8 Å². The first kappa shape index (κ1) is 19.8. The van der Waals surface area contributed by atoms with Crippen LogP contribution in [0.5, 0.6) is 0 Å². The van der Waals surface area contributed by atoms with Gasteiger partial charge >= 0.3 is 12.3 Å². The molecule has 0 spiro atoms. The van der Waals surface area contributed by atoms with Gasteiger partial charge in [0.1, 0.15) is 12.2 Å². The van der Waals surface area contributed by atoms with Gasteiger partial charge in [0, 0.05) is 12.8 Å². The van der Waals surface area contributed by atoms with Crippen molar-refractivity contribution in [3.05, 3.63) is 50.6 Å². The molecule has 0 radical (unpaired) electrons. The number of hydrogen-bond donors (Lipinski definition) is 2. The molecular formula is C14H20O6. The molecule has 0 saturated carbocycles. The Kier molecular flexibility index (Phi) is 12.8. The molecule has 0 rings (SSSR count). The van der Waals surface area contributed by atoms with Crippen molar-refractivity contribution in [2.24, 2.45) is 0 Å². The van der Waals surface area contributed by atoms with Gasteiger partial charge in [-0.2, -0.15) is 0 Å². The summed E-state index contributed by atoms with van der Waals surface area (Å²) in [4.78, 5) is 19.9. The van der Waals surface area contributed by atoms with Gasteiger partial charge in [-0.25, -0.2) is 9.59 Å². The lowest BCUT2D eigenvalue weighted by Gasteiger charge is -2.15. The van der Waals surface area contributed by atoms with Crippen LogP contribution >= 0.6 is 0 Å². The maximum absolute atomic E-state index is 11.3. The average Bonchev–Trinajstić information content (AvgIpc) is 2.37. The summed E-state index contributed by atoms with van der Waals surface area (Å²) < 4.78 is 9.97. The quantitative estimate of drug-likeness (QED) is 0.522. The van der Waals surface area contributed by atoms with Gasteiger partial charge in [0.05, 0.1) is 0 Å². The third-order valence-corrected chi connectivity index (χ3v) is 1.82. The van der Waals surface area contributed by atoms with E-state index in [1.165, 1.54) is 12.2 Å². The molecule has 0 heterocycles. The fourth-order valence-corrected chi connectivity index (χ4v) is 0.988. The molecule has 0 aromatic rings. The smallest absolute Gasteiger partial charge is 0.450 e. The summed E-state index contributed by atoms with van der Waals surface area (Å²) in [6.45, 7) is 14.2. The van der Waals surface area contributed by atoms with E-state index < -0.39 is 24.5 Å². The third kappa shape index (κ3) is 13.6. The lowest BCUT2D eigenvalue weighted by Crippen LogP contribution is -2.21. The van der Waals surface area contributed by atoms with Crippen molar-refractivity contribution in [1.29, 1.82) is 0 Å². The zero-order valence-corrected chi connectivity index (χ0v) is 11.2. The molecular weight excluding hydrogens is 264 g/mol. The highest BCUT2D eigenvalue weighted by molar-refractivity contribution is 5.60. The summed E-state index contributed by atoms with van der Waals surface area (Å²) in [5.41, 5.74) is 0. The second kappa shape index (κ2) is 12.9. The number of carboxylic acid groups (broad SMARTS) is 2. The van der Waals surface area contributed by atoms with Crippen molar-refractivity contribution in [2.45, 2.75) is 25.0 Å². The lowest BCUT2D eigenvalue weighted by atomic mass is 10.2. The monoisotopic (exact) mass is 284 g/mol. The van der Waals surface area contributed by atoms with Gasteiger partial charge in [-0.15, -0.1) is 13.2 Å². The molecule has 2 atom stereocenters. The Bertz CT molecular complexity index is 318. The summed E-state index contributed by atoms with van der Waals surface area (Å²) in [5.74, 6) is 0. The van der Waals surface area contributed by atoms with Crippen LogP contribution in [0.15, 0.2) is 50.6 Å². The molecule has 112 valence electrons. The molecule has 0 aliphatic heterocycles. The minimum atomic E-state index is -1.83. The summed E-state index contributed by atoms with van der Waals surface area (Å²) in [5, 5.41) is 13.9. The van der Waals surface area contributed by atoms with E-state index in [4.69, 9.17) is 24.5 Å². The Morgan fingerprint density at radius 1 is 0.900 bits per heavy atom. The Hall–Kier alpha value is -2.50. The normalized spacial score (nSPS) is 11.6. The van der Waals surface area contributed by atoms with Crippen molar-refractivity contribution in [2.75, 3.05) is 0 Å². The van der Waals surface area contributed by atoms with Gasteiger partial charge in [-0.05, 0) is 0 Å². The van der Waals surface area contributed by atoms with E-state index >= 15 is 0 Å². The molecule has 0 aromatic carbocycles. The van der Waals surface area contributed by atoms with Crippen molar-refractivity contribution in [3.8, 4) is 0 Å². The first-order valence-electron chi connectivity index (χ1n) is 5.67. The molecule has 0 aliphatic rings. The molecule has 2 N–H and O–H groups in total. The van der Waals surface area contributed by atoms with Crippen LogP contribution in [0.2, 0.25) is 0 Å². The molecule has 0 amide bonds. The number of hydrogen-bond acceptors (Lipinski definition) is 4.